The van der Waals surface area contributed by atoms with E-state index in [-0.39, 0.29) is 0 Å². The first-order chi connectivity index (χ1) is 7.53. The summed E-state index contributed by atoms with van der Waals surface area (Å²) in [6.45, 7) is 4.23. The molecular formula is C13H21NOS. The van der Waals surface area contributed by atoms with Crippen molar-refractivity contribution >= 4 is 11.8 Å². The normalized spacial score (nSPS) is 14.8. The summed E-state index contributed by atoms with van der Waals surface area (Å²) in [5.41, 5.74) is 7.39. The highest BCUT2D eigenvalue weighted by atomic mass is 32.2. The standard InChI is InChI=1S/C13H21NOS/c1-11-4-3-5-12(8-11)9-16-7-6-13(2,15)10-14/h3-5,8,15H,6-7,9-10,14H2,1-2H3. The van der Waals surface area contributed by atoms with Gasteiger partial charge in [0.05, 0.1) is 5.60 Å². The van der Waals surface area contributed by atoms with Crippen LogP contribution in [-0.4, -0.2) is 23.0 Å². The number of hydrogen-bond acceptors (Lipinski definition) is 3. The van der Waals surface area contributed by atoms with Crippen LogP contribution in [0.2, 0.25) is 0 Å². The summed E-state index contributed by atoms with van der Waals surface area (Å²) >= 11 is 1.84. The second kappa shape index (κ2) is 6.28. The lowest BCUT2D eigenvalue weighted by atomic mass is 10.1. The van der Waals surface area contributed by atoms with Crippen LogP contribution in [-0.2, 0) is 5.75 Å². The molecule has 0 radical (unpaired) electrons. The van der Waals surface area contributed by atoms with Gasteiger partial charge in [0.15, 0.2) is 0 Å². The third-order valence-electron chi connectivity index (χ3n) is 2.58. The van der Waals surface area contributed by atoms with Crippen molar-refractivity contribution in [3.8, 4) is 0 Å². The molecule has 0 aliphatic carbocycles. The highest BCUT2D eigenvalue weighted by Gasteiger charge is 2.16. The Kier molecular flexibility index (Phi) is 5.32. The monoisotopic (exact) mass is 239 g/mol. The molecule has 90 valence electrons. The smallest absolute Gasteiger partial charge is 0.0749 e. The molecule has 3 N–H and O–H groups in total. The first kappa shape index (κ1) is 13.6. The summed E-state index contributed by atoms with van der Waals surface area (Å²) in [6.07, 6.45) is 0.750. The topological polar surface area (TPSA) is 46.2 Å². The predicted molar refractivity (Wildman–Crippen MR) is 71.6 cm³/mol. The summed E-state index contributed by atoms with van der Waals surface area (Å²) in [4.78, 5) is 0. The zero-order valence-electron chi connectivity index (χ0n) is 10.1. The summed E-state index contributed by atoms with van der Waals surface area (Å²) in [5, 5.41) is 9.73. The molecule has 0 fully saturated rings. The molecule has 0 bridgehead atoms. The van der Waals surface area contributed by atoms with Crippen molar-refractivity contribution in [2.24, 2.45) is 5.73 Å². The molecule has 0 aromatic heterocycles. The summed E-state index contributed by atoms with van der Waals surface area (Å²) in [6, 6.07) is 8.53. The number of benzene rings is 1. The van der Waals surface area contributed by atoms with Crippen LogP contribution in [0.5, 0.6) is 0 Å². The first-order valence-corrected chi connectivity index (χ1v) is 6.75. The summed E-state index contributed by atoms with van der Waals surface area (Å²) < 4.78 is 0. The summed E-state index contributed by atoms with van der Waals surface area (Å²) in [5.74, 6) is 1.94. The van der Waals surface area contributed by atoms with Gasteiger partial charge in [-0.2, -0.15) is 11.8 Å². The molecule has 1 unspecified atom stereocenters. The number of hydrogen-bond donors (Lipinski definition) is 2. The number of aliphatic hydroxyl groups is 1. The molecule has 0 aliphatic rings. The van der Waals surface area contributed by atoms with Gasteiger partial charge in [0.1, 0.15) is 0 Å². The average molecular weight is 239 g/mol. The Hall–Kier alpha value is -0.510. The molecule has 0 spiro atoms. The van der Waals surface area contributed by atoms with Crippen molar-refractivity contribution in [3.05, 3.63) is 35.4 Å². The fraction of sp³-hybridized carbons (Fsp3) is 0.538. The molecule has 1 aromatic carbocycles. The number of rotatable bonds is 6. The summed E-state index contributed by atoms with van der Waals surface area (Å²) in [7, 11) is 0. The Labute approximate surface area is 102 Å². The van der Waals surface area contributed by atoms with E-state index < -0.39 is 5.60 Å². The van der Waals surface area contributed by atoms with E-state index in [1.165, 1.54) is 11.1 Å². The molecule has 16 heavy (non-hydrogen) atoms. The molecule has 3 heteroatoms. The van der Waals surface area contributed by atoms with Crippen LogP contribution < -0.4 is 5.73 Å². The van der Waals surface area contributed by atoms with Gasteiger partial charge in [-0.05, 0) is 31.6 Å². The molecule has 1 aromatic rings. The van der Waals surface area contributed by atoms with E-state index >= 15 is 0 Å². The Balaban J connectivity index is 2.26. The van der Waals surface area contributed by atoms with Crippen LogP contribution in [0.25, 0.3) is 0 Å². The van der Waals surface area contributed by atoms with Crippen LogP contribution in [0, 0.1) is 6.92 Å². The third-order valence-corrected chi connectivity index (χ3v) is 3.61. The highest BCUT2D eigenvalue weighted by molar-refractivity contribution is 7.98. The fourth-order valence-corrected chi connectivity index (χ4v) is 2.53. The quantitative estimate of drug-likeness (QED) is 0.749. The van der Waals surface area contributed by atoms with Crippen molar-refractivity contribution in [2.75, 3.05) is 12.3 Å². The van der Waals surface area contributed by atoms with Crippen molar-refractivity contribution in [1.29, 1.82) is 0 Å². The lowest BCUT2D eigenvalue weighted by molar-refractivity contribution is 0.0665. The van der Waals surface area contributed by atoms with Gasteiger partial charge in [0, 0.05) is 12.3 Å². The Bertz CT molecular complexity index is 325. The molecule has 2 nitrogen and oxygen atoms in total. The molecule has 1 atom stereocenters. The maximum absolute atomic E-state index is 9.73. The van der Waals surface area contributed by atoms with Crippen LogP contribution in [0.1, 0.15) is 24.5 Å². The predicted octanol–water partition coefficient (Wildman–Crippen LogP) is 2.33. The van der Waals surface area contributed by atoms with E-state index in [2.05, 4.69) is 31.2 Å². The van der Waals surface area contributed by atoms with Crippen LogP contribution in [0.3, 0.4) is 0 Å². The minimum atomic E-state index is -0.709. The van der Waals surface area contributed by atoms with Crippen LogP contribution in [0.4, 0.5) is 0 Å². The third kappa shape index (κ3) is 5.01. The molecule has 0 amide bonds. The second-order valence-corrected chi connectivity index (χ2v) is 5.60. The minimum Gasteiger partial charge on any atom is -0.389 e. The van der Waals surface area contributed by atoms with Crippen molar-refractivity contribution in [3.63, 3.8) is 0 Å². The highest BCUT2D eigenvalue weighted by Crippen LogP contribution is 2.17. The van der Waals surface area contributed by atoms with E-state index in [0.29, 0.717) is 6.54 Å². The van der Waals surface area contributed by atoms with E-state index in [9.17, 15) is 5.11 Å². The van der Waals surface area contributed by atoms with E-state index in [4.69, 9.17) is 5.73 Å². The minimum absolute atomic E-state index is 0.331. The maximum atomic E-state index is 9.73. The fourth-order valence-electron chi connectivity index (χ4n) is 1.39. The molecule has 0 heterocycles. The first-order valence-electron chi connectivity index (χ1n) is 5.59. The molecular weight excluding hydrogens is 218 g/mol. The van der Waals surface area contributed by atoms with Crippen LogP contribution in [0.15, 0.2) is 24.3 Å². The molecule has 0 aliphatic heterocycles. The maximum Gasteiger partial charge on any atom is 0.0749 e. The van der Waals surface area contributed by atoms with E-state index in [1.54, 1.807) is 6.92 Å². The van der Waals surface area contributed by atoms with Gasteiger partial charge >= 0.3 is 0 Å². The number of nitrogens with two attached hydrogens (primary N) is 1. The van der Waals surface area contributed by atoms with E-state index in [1.807, 2.05) is 11.8 Å². The molecule has 0 saturated carbocycles. The number of aryl methyl sites for hydroxylation is 1. The van der Waals surface area contributed by atoms with Crippen molar-refractivity contribution in [2.45, 2.75) is 31.6 Å². The lowest BCUT2D eigenvalue weighted by Crippen LogP contribution is -2.34. The van der Waals surface area contributed by atoms with E-state index in [0.717, 1.165) is 17.9 Å². The zero-order valence-corrected chi connectivity index (χ0v) is 10.9. The van der Waals surface area contributed by atoms with Crippen molar-refractivity contribution in [1.82, 2.24) is 0 Å². The molecule has 1 rings (SSSR count). The number of thioether (sulfide) groups is 1. The Morgan fingerprint density at radius 3 is 2.81 bits per heavy atom. The largest absolute Gasteiger partial charge is 0.389 e. The van der Waals surface area contributed by atoms with Gasteiger partial charge < -0.3 is 10.8 Å². The van der Waals surface area contributed by atoms with Crippen molar-refractivity contribution < 1.29 is 5.11 Å². The van der Waals surface area contributed by atoms with Gasteiger partial charge in [0.2, 0.25) is 0 Å². The van der Waals surface area contributed by atoms with Gasteiger partial charge in [-0.25, -0.2) is 0 Å². The average Bonchev–Trinajstić information content (AvgIpc) is 2.25. The second-order valence-electron chi connectivity index (χ2n) is 4.49. The Morgan fingerprint density at radius 2 is 2.19 bits per heavy atom. The SMILES string of the molecule is Cc1cccc(CSCCC(C)(O)CN)c1. The zero-order chi connectivity index (χ0) is 12.0. The van der Waals surface area contributed by atoms with Crippen LogP contribution >= 0.6 is 11.8 Å². The lowest BCUT2D eigenvalue weighted by Gasteiger charge is -2.20. The van der Waals surface area contributed by atoms with Gasteiger partial charge in [-0.3, -0.25) is 0 Å². The van der Waals surface area contributed by atoms with Gasteiger partial charge in [-0.15, -0.1) is 0 Å². The van der Waals surface area contributed by atoms with Gasteiger partial charge in [0.25, 0.3) is 0 Å². The Morgan fingerprint density at radius 1 is 1.44 bits per heavy atom. The molecule has 0 saturated heterocycles. The van der Waals surface area contributed by atoms with Gasteiger partial charge in [-0.1, -0.05) is 29.8 Å².